The zero-order valence-electron chi connectivity index (χ0n) is 11.9. The van der Waals surface area contributed by atoms with Gasteiger partial charge in [0.1, 0.15) is 5.82 Å². The molecule has 0 aliphatic heterocycles. The minimum absolute atomic E-state index is 0.0998. The van der Waals surface area contributed by atoms with Crippen LogP contribution in [0.2, 0.25) is 0 Å². The Bertz CT molecular complexity index is 629. The summed E-state index contributed by atoms with van der Waals surface area (Å²) >= 11 is 1.49. The van der Waals surface area contributed by atoms with E-state index in [4.69, 9.17) is 0 Å². The van der Waals surface area contributed by atoms with Gasteiger partial charge in [0.25, 0.3) is 0 Å². The molecule has 0 aromatic heterocycles. The molecule has 0 bridgehead atoms. The van der Waals surface area contributed by atoms with Crippen molar-refractivity contribution < 1.29 is 9.18 Å². The number of halogens is 1. The highest BCUT2D eigenvalue weighted by Gasteiger charge is 2.03. The molecule has 2 aromatic carbocycles. The fraction of sp³-hybridized carbons (Fsp3) is 0.188. The van der Waals surface area contributed by atoms with E-state index < -0.39 is 0 Å². The number of rotatable bonds is 5. The lowest BCUT2D eigenvalue weighted by Crippen LogP contribution is -2.05. The predicted molar refractivity (Wildman–Crippen MR) is 84.0 cm³/mol. The van der Waals surface area contributed by atoms with Gasteiger partial charge in [0.05, 0.1) is 0 Å². The van der Waals surface area contributed by atoms with Crippen molar-refractivity contribution in [3.05, 3.63) is 53.8 Å². The number of anilines is 1. The maximum absolute atomic E-state index is 13.6. The van der Waals surface area contributed by atoms with E-state index in [1.807, 2.05) is 37.4 Å². The molecule has 0 atom stereocenters. The van der Waals surface area contributed by atoms with Gasteiger partial charge in [0.15, 0.2) is 0 Å². The van der Waals surface area contributed by atoms with Crippen molar-refractivity contribution in [2.75, 3.05) is 12.4 Å². The summed E-state index contributed by atoms with van der Waals surface area (Å²) in [7, 11) is 1.83. The molecule has 110 valence electrons. The maximum atomic E-state index is 13.6. The van der Waals surface area contributed by atoms with Crippen LogP contribution >= 0.6 is 11.8 Å². The quantitative estimate of drug-likeness (QED) is 0.886. The molecule has 0 spiro atoms. The highest BCUT2D eigenvalue weighted by Crippen LogP contribution is 2.29. The average Bonchev–Trinajstić information content (AvgIpc) is 2.40. The second kappa shape index (κ2) is 7.24. The molecule has 21 heavy (non-hydrogen) atoms. The molecule has 0 heterocycles. The van der Waals surface area contributed by atoms with Gasteiger partial charge < -0.3 is 10.6 Å². The molecule has 0 aliphatic rings. The van der Waals surface area contributed by atoms with Gasteiger partial charge in [-0.1, -0.05) is 11.8 Å². The van der Waals surface area contributed by atoms with E-state index in [-0.39, 0.29) is 11.7 Å². The molecule has 2 rings (SSSR count). The number of hydrogen-bond donors (Lipinski definition) is 2. The molecule has 1 amide bonds. The number of carbonyl (C=O) groups excluding carboxylic acids is 1. The fourth-order valence-corrected chi connectivity index (χ4v) is 2.86. The van der Waals surface area contributed by atoms with Gasteiger partial charge in [-0.2, -0.15) is 0 Å². The Hall–Kier alpha value is -1.85. The minimum Gasteiger partial charge on any atom is -0.326 e. The molecule has 0 aliphatic carbocycles. The minimum atomic E-state index is -0.236. The first-order valence-electron chi connectivity index (χ1n) is 6.56. The molecule has 0 unspecified atom stereocenters. The number of hydrogen-bond acceptors (Lipinski definition) is 3. The van der Waals surface area contributed by atoms with E-state index in [2.05, 4.69) is 10.6 Å². The molecular weight excluding hydrogens is 287 g/mol. The van der Waals surface area contributed by atoms with Crippen molar-refractivity contribution in [3.63, 3.8) is 0 Å². The summed E-state index contributed by atoms with van der Waals surface area (Å²) in [6, 6.07) is 12.5. The largest absolute Gasteiger partial charge is 0.326 e. The average molecular weight is 304 g/mol. The van der Waals surface area contributed by atoms with Gasteiger partial charge in [-0.15, -0.1) is 0 Å². The summed E-state index contributed by atoms with van der Waals surface area (Å²) < 4.78 is 13.6. The van der Waals surface area contributed by atoms with E-state index in [0.29, 0.717) is 6.54 Å². The van der Waals surface area contributed by atoms with Crippen LogP contribution < -0.4 is 10.6 Å². The summed E-state index contributed by atoms with van der Waals surface area (Å²) in [6.45, 7) is 2.10. The molecule has 2 N–H and O–H groups in total. The van der Waals surface area contributed by atoms with Crippen molar-refractivity contribution in [2.45, 2.75) is 23.3 Å². The third-order valence-corrected chi connectivity index (χ3v) is 3.70. The van der Waals surface area contributed by atoms with Crippen molar-refractivity contribution >= 4 is 23.4 Å². The van der Waals surface area contributed by atoms with Crippen molar-refractivity contribution in [2.24, 2.45) is 0 Å². The molecule has 5 heteroatoms. The Balaban J connectivity index is 2.12. The summed E-state index contributed by atoms with van der Waals surface area (Å²) in [5.41, 5.74) is 1.66. The topological polar surface area (TPSA) is 41.1 Å². The van der Waals surface area contributed by atoms with Gasteiger partial charge in [-0.05, 0) is 55.1 Å². The van der Waals surface area contributed by atoms with Crippen LogP contribution in [0, 0.1) is 5.82 Å². The van der Waals surface area contributed by atoms with Crippen molar-refractivity contribution in [3.8, 4) is 0 Å². The molecule has 0 radical (unpaired) electrons. The lowest BCUT2D eigenvalue weighted by molar-refractivity contribution is -0.114. The van der Waals surface area contributed by atoms with Crippen LogP contribution in [0.5, 0.6) is 0 Å². The first-order chi connectivity index (χ1) is 10.1. The number of benzene rings is 2. The van der Waals surface area contributed by atoms with Crippen molar-refractivity contribution in [1.82, 2.24) is 5.32 Å². The van der Waals surface area contributed by atoms with Gasteiger partial charge in [-0.3, -0.25) is 4.79 Å². The van der Waals surface area contributed by atoms with Gasteiger partial charge in [0, 0.05) is 28.9 Å². The van der Waals surface area contributed by atoms with Gasteiger partial charge >= 0.3 is 0 Å². The van der Waals surface area contributed by atoms with Crippen LogP contribution in [0.4, 0.5) is 10.1 Å². The normalized spacial score (nSPS) is 10.4. The van der Waals surface area contributed by atoms with Crippen LogP contribution in [0.15, 0.2) is 52.3 Å². The van der Waals surface area contributed by atoms with Crippen LogP contribution in [0.25, 0.3) is 0 Å². The molecule has 2 aromatic rings. The summed E-state index contributed by atoms with van der Waals surface area (Å²) in [6.07, 6.45) is 0. The number of carbonyl (C=O) groups is 1. The Morgan fingerprint density at radius 1 is 1.14 bits per heavy atom. The SMILES string of the molecule is CNCc1cc(F)cc(Sc2ccc(NC(C)=O)cc2)c1. The van der Waals surface area contributed by atoms with Gasteiger partial charge in [0.2, 0.25) is 5.91 Å². The highest BCUT2D eigenvalue weighted by molar-refractivity contribution is 7.99. The van der Waals surface area contributed by atoms with E-state index >= 15 is 0 Å². The highest BCUT2D eigenvalue weighted by atomic mass is 32.2. The summed E-state index contributed by atoms with van der Waals surface area (Å²) in [5.74, 6) is -0.336. The van der Waals surface area contributed by atoms with Crippen LogP contribution in [0.1, 0.15) is 12.5 Å². The standard InChI is InChI=1S/C16H17FN2OS/c1-11(20)19-14-3-5-15(6-4-14)21-16-8-12(10-18-2)7-13(17)9-16/h3-9,18H,10H2,1-2H3,(H,19,20). The zero-order valence-corrected chi connectivity index (χ0v) is 12.8. The zero-order chi connectivity index (χ0) is 15.2. The molecule has 0 fully saturated rings. The van der Waals surface area contributed by atoms with Crippen LogP contribution in [0.3, 0.4) is 0 Å². The first-order valence-corrected chi connectivity index (χ1v) is 7.38. The smallest absolute Gasteiger partial charge is 0.221 e. The molecule has 0 saturated carbocycles. The van der Waals surface area contributed by atoms with E-state index in [1.165, 1.54) is 30.8 Å². The second-order valence-corrected chi connectivity index (χ2v) is 5.78. The maximum Gasteiger partial charge on any atom is 0.221 e. The molecule has 0 saturated heterocycles. The number of amides is 1. The molecule has 3 nitrogen and oxygen atoms in total. The first kappa shape index (κ1) is 15.5. The summed E-state index contributed by atoms with van der Waals surface area (Å²) in [5, 5.41) is 5.73. The van der Waals surface area contributed by atoms with Crippen molar-refractivity contribution in [1.29, 1.82) is 0 Å². The second-order valence-electron chi connectivity index (χ2n) is 4.63. The van der Waals surface area contributed by atoms with Gasteiger partial charge in [-0.25, -0.2) is 4.39 Å². The Morgan fingerprint density at radius 3 is 2.48 bits per heavy atom. The third-order valence-electron chi connectivity index (χ3n) is 2.72. The number of nitrogens with one attached hydrogen (secondary N) is 2. The predicted octanol–water partition coefficient (Wildman–Crippen LogP) is 3.65. The van der Waals surface area contributed by atoms with Crippen LogP contribution in [-0.2, 0) is 11.3 Å². The van der Waals surface area contributed by atoms with E-state index in [1.54, 1.807) is 0 Å². The third kappa shape index (κ3) is 4.88. The fourth-order valence-electron chi connectivity index (χ4n) is 1.93. The Labute approximate surface area is 127 Å². The Kier molecular flexibility index (Phi) is 5.36. The van der Waals surface area contributed by atoms with Crippen LogP contribution in [-0.4, -0.2) is 13.0 Å². The lowest BCUT2D eigenvalue weighted by Gasteiger charge is -2.07. The molecular formula is C16H17FN2OS. The van der Waals surface area contributed by atoms with E-state index in [9.17, 15) is 9.18 Å². The lowest BCUT2D eigenvalue weighted by atomic mass is 10.2. The van der Waals surface area contributed by atoms with E-state index in [0.717, 1.165) is 21.0 Å². The summed E-state index contributed by atoms with van der Waals surface area (Å²) in [4.78, 5) is 12.8. The monoisotopic (exact) mass is 304 g/mol. The Morgan fingerprint density at radius 2 is 1.86 bits per heavy atom.